The Hall–Kier alpha value is -2.54. The zero-order valence-corrected chi connectivity index (χ0v) is 13.2. The van der Waals surface area contributed by atoms with E-state index < -0.39 is 17.9 Å². The van der Waals surface area contributed by atoms with Crippen LogP contribution in [0.2, 0.25) is 0 Å². The third kappa shape index (κ3) is 5.99. The fourth-order valence-electron chi connectivity index (χ4n) is 1.85. The monoisotopic (exact) mass is 323 g/mol. The molecule has 0 spiro atoms. The van der Waals surface area contributed by atoms with E-state index in [1.54, 1.807) is 18.2 Å². The van der Waals surface area contributed by atoms with Crippen LogP contribution in [0.15, 0.2) is 30.9 Å². The molecule has 1 aromatic rings. The predicted molar refractivity (Wildman–Crippen MR) is 83.8 cm³/mol. The molecule has 0 aliphatic rings. The first kappa shape index (κ1) is 18.5. The molecule has 0 aromatic heterocycles. The minimum absolute atomic E-state index is 0.124. The lowest BCUT2D eigenvalue weighted by molar-refractivity contribution is -0.143. The highest BCUT2D eigenvalue weighted by Gasteiger charge is 2.20. The van der Waals surface area contributed by atoms with Gasteiger partial charge in [0.15, 0.2) is 24.1 Å². The van der Waals surface area contributed by atoms with Gasteiger partial charge in [-0.3, -0.25) is 4.79 Å². The van der Waals surface area contributed by atoms with Crippen molar-refractivity contribution in [3.8, 4) is 11.5 Å². The van der Waals surface area contributed by atoms with E-state index in [-0.39, 0.29) is 13.2 Å². The first-order valence-electron chi connectivity index (χ1n) is 6.93. The number of carboxylic acids is 1. The second-order valence-electron chi connectivity index (χ2n) is 4.68. The van der Waals surface area contributed by atoms with Gasteiger partial charge in [-0.2, -0.15) is 0 Å². The number of nitrogens with one attached hydrogen (secondary N) is 1. The van der Waals surface area contributed by atoms with Crippen LogP contribution in [-0.4, -0.2) is 50.5 Å². The normalized spacial score (nSPS) is 11.4. The standard InChI is InChI=1S/C16H21NO6/c1-4-5-11-6-7-13(14(8-11)22-3)23-10-15(18)17-12(9-21-2)16(19)20/h4,6-8,12H,1,5,9-10H2,2-3H3,(H,17,18)(H,19,20). The molecule has 1 amide bonds. The minimum atomic E-state index is -1.17. The first-order chi connectivity index (χ1) is 11.0. The van der Waals surface area contributed by atoms with E-state index in [2.05, 4.69) is 11.9 Å². The number of hydrogen-bond acceptors (Lipinski definition) is 5. The summed E-state index contributed by atoms with van der Waals surface area (Å²) >= 11 is 0. The second-order valence-corrected chi connectivity index (χ2v) is 4.68. The summed E-state index contributed by atoms with van der Waals surface area (Å²) in [4.78, 5) is 22.7. The van der Waals surface area contributed by atoms with Crippen LogP contribution in [0.3, 0.4) is 0 Å². The molecular weight excluding hydrogens is 302 g/mol. The van der Waals surface area contributed by atoms with E-state index in [9.17, 15) is 9.59 Å². The van der Waals surface area contributed by atoms with Gasteiger partial charge in [-0.05, 0) is 24.1 Å². The second kappa shape index (κ2) is 9.47. The van der Waals surface area contributed by atoms with Crippen molar-refractivity contribution in [3.63, 3.8) is 0 Å². The number of amides is 1. The molecule has 7 heteroatoms. The molecule has 7 nitrogen and oxygen atoms in total. The number of rotatable bonds is 10. The maximum absolute atomic E-state index is 11.8. The Balaban J connectivity index is 2.64. The van der Waals surface area contributed by atoms with E-state index in [0.717, 1.165) is 5.56 Å². The molecule has 0 heterocycles. The fourth-order valence-corrected chi connectivity index (χ4v) is 1.85. The Morgan fingerprint density at radius 1 is 1.35 bits per heavy atom. The lowest BCUT2D eigenvalue weighted by atomic mass is 10.1. The van der Waals surface area contributed by atoms with Crippen molar-refractivity contribution < 1.29 is 28.9 Å². The highest BCUT2D eigenvalue weighted by Crippen LogP contribution is 2.28. The maximum atomic E-state index is 11.8. The highest BCUT2D eigenvalue weighted by molar-refractivity contribution is 5.84. The topological polar surface area (TPSA) is 94.1 Å². The van der Waals surface area contributed by atoms with E-state index in [1.807, 2.05) is 6.07 Å². The Morgan fingerprint density at radius 3 is 2.65 bits per heavy atom. The Labute approximate surface area is 134 Å². The van der Waals surface area contributed by atoms with Gasteiger partial charge in [0, 0.05) is 7.11 Å². The fraction of sp³-hybridized carbons (Fsp3) is 0.375. The summed E-state index contributed by atoms with van der Waals surface area (Å²) in [6.07, 6.45) is 2.46. The number of hydrogen-bond donors (Lipinski definition) is 2. The van der Waals surface area contributed by atoms with Crippen molar-refractivity contribution in [1.29, 1.82) is 0 Å². The highest BCUT2D eigenvalue weighted by atomic mass is 16.5. The summed E-state index contributed by atoms with van der Waals surface area (Å²) in [6, 6.07) is 4.20. The van der Waals surface area contributed by atoms with Crippen LogP contribution in [0.1, 0.15) is 5.56 Å². The van der Waals surface area contributed by atoms with Gasteiger partial charge in [-0.1, -0.05) is 12.1 Å². The predicted octanol–water partition coefficient (Wildman–Crippen LogP) is 1.02. The number of carbonyl (C=O) groups is 2. The van der Waals surface area contributed by atoms with Crippen molar-refractivity contribution >= 4 is 11.9 Å². The number of carbonyl (C=O) groups excluding carboxylic acids is 1. The molecule has 0 aliphatic heterocycles. The van der Waals surface area contributed by atoms with E-state index in [0.29, 0.717) is 17.9 Å². The molecule has 2 N–H and O–H groups in total. The van der Waals surface area contributed by atoms with Crippen LogP contribution >= 0.6 is 0 Å². The summed E-state index contributed by atoms with van der Waals surface area (Å²) in [5.74, 6) is -0.851. The number of aliphatic carboxylic acids is 1. The molecule has 1 atom stereocenters. The average Bonchev–Trinajstić information content (AvgIpc) is 2.53. The molecule has 1 aromatic carbocycles. The zero-order chi connectivity index (χ0) is 17.2. The van der Waals surface area contributed by atoms with Crippen molar-refractivity contribution in [2.45, 2.75) is 12.5 Å². The molecule has 0 fully saturated rings. The SMILES string of the molecule is C=CCc1ccc(OCC(=O)NC(COC)C(=O)O)c(OC)c1. The summed E-state index contributed by atoms with van der Waals surface area (Å²) in [5.41, 5.74) is 1.000. The van der Waals surface area contributed by atoms with Crippen molar-refractivity contribution in [2.75, 3.05) is 27.4 Å². The van der Waals surface area contributed by atoms with Crippen LogP contribution in [0.4, 0.5) is 0 Å². The van der Waals surface area contributed by atoms with Crippen LogP contribution in [0, 0.1) is 0 Å². The molecule has 1 unspecified atom stereocenters. The number of methoxy groups -OCH3 is 2. The van der Waals surface area contributed by atoms with Crippen molar-refractivity contribution in [2.24, 2.45) is 0 Å². The molecule has 0 saturated heterocycles. The molecule has 23 heavy (non-hydrogen) atoms. The lowest BCUT2D eigenvalue weighted by Gasteiger charge is -2.15. The third-order valence-electron chi connectivity index (χ3n) is 2.93. The van der Waals surface area contributed by atoms with E-state index in [1.165, 1.54) is 14.2 Å². The van der Waals surface area contributed by atoms with E-state index >= 15 is 0 Å². The zero-order valence-electron chi connectivity index (χ0n) is 13.2. The Bertz CT molecular complexity index is 558. The third-order valence-corrected chi connectivity index (χ3v) is 2.93. The average molecular weight is 323 g/mol. The summed E-state index contributed by atoms with van der Waals surface area (Å²) in [7, 11) is 2.85. The van der Waals surface area contributed by atoms with Crippen molar-refractivity contribution in [1.82, 2.24) is 5.32 Å². The number of ether oxygens (including phenoxy) is 3. The van der Waals surface area contributed by atoms with Gasteiger partial charge in [-0.25, -0.2) is 4.79 Å². The summed E-state index contributed by atoms with van der Waals surface area (Å²) in [6.45, 7) is 3.21. The van der Waals surface area contributed by atoms with Crippen LogP contribution in [0.5, 0.6) is 11.5 Å². The lowest BCUT2D eigenvalue weighted by Crippen LogP contribution is -2.45. The molecule has 0 bridgehead atoms. The Morgan fingerprint density at radius 2 is 2.09 bits per heavy atom. The van der Waals surface area contributed by atoms with Gasteiger partial charge in [-0.15, -0.1) is 6.58 Å². The van der Waals surface area contributed by atoms with Crippen LogP contribution < -0.4 is 14.8 Å². The van der Waals surface area contributed by atoms with Crippen molar-refractivity contribution in [3.05, 3.63) is 36.4 Å². The van der Waals surface area contributed by atoms with Gasteiger partial charge in [0.25, 0.3) is 5.91 Å². The van der Waals surface area contributed by atoms with Crippen LogP contribution in [0.25, 0.3) is 0 Å². The smallest absolute Gasteiger partial charge is 0.328 e. The minimum Gasteiger partial charge on any atom is -0.493 e. The molecule has 0 saturated carbocycles. The van der Waals surface area contributed by atoms with Gasteiger partial charge >= 0.3 is 5.97 Å². The molecule has 126 valence electrons. The van der Waals surface area contributed by atoms with E-state index in [4.69, 9.17) is 19.3 Å². The molecular formula is C16H21NO6. The van der Waals surface area contributed by atoms with Gasteiger partial charge in [0.05, 0.1) is 13.7 Å². The van der Waals surface area contributed by atoms with Crippen LogP contribution in [-0.2, 0) is 20.7 Å². The Kier molecular flexibility index (Phi) is 7.62. The molecule has 0 aliphatic carbocycles. The largest absolute Gasteiger partial charge is 0.493 e. The number of carboxylic acid groups (broad SMARTS) is 1. The number of benzene rings is 1. The molecule has 1 rings (SSSR count). The van der Waals surface area contributed by atoms with Gasteiger partial charge in [0.2, 0.25) is 0 Å². The first-order valence-corrected chi connectivity index (χ1v) is 6.93. The summed E-state index contributed by atoms with van der Waals surface area (Å²) < 4.78 is 15.3. The quantitative estimate of drug-likeness (QED) is 0.624. The number of allylic oxidation sites excluding steroid dienone is 1. The van der Waals surface area contributed by atoms with Gasteiger partial charge in [0.1, 0.15) is 0 Å². The molecule has 0 radical (unpaired) electrons. The summed E-state index contributed by atoms with van der Waals surface area (Å²) in [5, 5.41) is 11.3. The maximum Gasteiger partial charge on any atom is 0.328 e. The van der Waals surface area contributed by atoms with Gasteiger partial charge < -0.3 is 24.6 Å².